The zero-order valence-electron chi connectivity index (χ0n) is 32.1. The Morgan fingerprint density at radius 1 is 0.741 bits per heavy atom. The normalized spacial score (nSPS) is 25.1. The van der Waals surface area contributed by atoms with Crippen LogP contribution in [-0.4, -0.2) is 42.7 Å². The van der Waals surface area contributed by atoms with Crippen LogP contribution in [0, 0.1) is 23.7 Å². The Kier molecular flexibility index (Phi) is 9.27. The van der Waals surface area contributed by atoms with Gasteiger partial charge in [0.15, 0.2) is 11.6 Å². The van der Waals surface area contributed by atoms with E-state index >= 15 is 9.59 Å². The van der Waals surface area contributed by atoms with Crippen molar-refractivity contribution in [2.45, 2.75) is 24.2 Å². The molecule has 0 unspecified atom stereocenters. The quantitative estimate of drug-likeness (QED) is 0.0957. The van der Waals surface area contributed by atoms with Gasteiger partial charge in [0.25, 0.3) is 0 Å². The number of ketones is 2. The molecule has 0 aromatic heterocycles. The van der Waals surface area contributed by atoms with Crippen LogP contribution in [0.2, 0.25) is 0 Å². The molecule has 5 aromatic rings. The molecule has 4 aliphatic rings. The zero-order chi connectivity index (χ0) is 40.1. The molecule has 8 heteroatoms. The largest absolute Gasteiger partial charge is 0.508 e. The van der Waals surface area contributed by atoms with Crippen molar-refractivity contribution < 1.29 is 33.8 Å². The molecule has 1 aliphatic heterocycles. The Balaban J connectivity index is 1.12. The van der Waals surface area contributed by atoms with Crippen molar-refractivity contribution in [3.05, 3.63) is 173 Å². The van der Waals surface area contributed by atoms with Crippen LogP contribution in [0.25, 0.3) is 17.7 Å². The number of aromatic hydroxyl groups is 1. The van der Waals surface area contributed by atoms with E-state index in [4.69, 9.17) is 9.47 Å². The number of phenols is 1. The summed E-state index contributed by atoms with van der Waals surface area (Å²) in [4.78, 5) is 60.7. The maximum atomic E-state index is 15.2. The molecule has 0 bridgehead atoms. The number of phenolic OH excluding ortho intramolecular Hbond substituents is 1. The van der Waals surface area contributed by atoms with Gasteiger partial charge in [-0.2, -0.15) is 0 Å². The van der Waals surface area contributed by atoms with Crippen LogP contribution < -0.4 is 14.4 Å². The van der Waals surface area contributed by atoms with Gasteiger partial charge < -0.3 is 14.6 Å². The fraction of sp³-hybridized carbons (Fsp3) is 0.200. The highest BCUT2D eigenvalue weighted by Crippen LogP contribution is 2.64. The second kappa shape index (κ2) is 14.6. The number of nitrogens with zero attached hydrogens (tertiary/aromatic N) is 1. The number of carbonyl (C=O) groups excluding carboxylic acids is 4. The molecule has 2 amide bonds. The van der Waals surface area contributed by atoms with Gasteiger partial charge in [-0.05, 0) is 89.6 Å². The Hall–Kier alpha value is -6.80. The van der Waals surface area contributed by atoms with Crippen LogP contribution in [0.1, 0.15) is 46.6 Å². The number of Topliss-reactive ketones (excluding diaryl/α,β-unsaturated/α-hetero) is 1. The Morgan fingerprint density at radius 2 is 1.48 bits per heavy atom. The van der Waals surface area contributed by atoms with Crippen molar-refractivity contribution in [3.63, 3.8) is 0 Å². The van der Waals surface area contributed by atoms with E-state index in [9.17, 15) is 14.7 Å². The predicted octanol–water partition coefficient (Wildman–Crippen LogP) is 8.61. The van der Waals surface area contributed by atoms with E-state index in [1.165, 1.54) is 11.0 Å². The van der Waals surface area contributed by atoms with Crippen molar-refractivity contribution in [2.75, 3.05) is 19.1 Å². The van der Waals surface area contributed by atoms with Gasteiger partial charge in [-0.3, -0.25) is 24.1 Å². The van der Waals surface area contributed by atoms with Crippen LogP contribution in [-0.2, 0) is 24.6 Å². The third-order valence-electron chi connectivity index (χ3n) is 12.6. The number of ether oxygens (including phenoxy) is 2. The third kappa shape index (κ3) is 5.82. The lowest BCUT2D eigenvalue weighted by molar-refractivity contribution is -0.135. The van der Waals surface area contributed by atoms with E-state index in [0.29, 0.717) is 45.9 Å². The number of hydrogen-bond donors (Lipinski definition) is 1. The second-order valence-corrected chi connectivity index (χ2v) is 15.4. The maximum absolute atomic E-state index is 15.2. The summed E-state index contributed by atoms with van der Waals surface area (Å²) in [6.07, 6.45) is 7.89. The fourth-order valence-corrected chi connectivity index (χ4v) is 10.1. The minimum Gasteiger partial charge on any atom is -0.508 e. The van der Waals surface area contributed by atoms with Crippen LogP contribution in [0.15, 0.2) is 145 Å². The van der Waals surface area contributed by atoms with Crippen LogP contribution >= 0.6 is 0 Å². The Labute approximate surface area is 336 Å². The van der Waals surface area contributed by atoms with Crippen LogP contribution in [0.3, 0.4) is 0 Å². The van der Waals surface area contributed by atoms with E-state index in [-0.39, 0.29) is 35.6 Å². The molecule has 3 aliphatic carbocycles. The molecule has 1 N–H and O–H groups in total. The highest BCUT2D eigenvalue weighted by molar-refractivity contribution is 6.32. The first kappa shape index (κ1) is 36.8. The summed E-state index contributed by atoms with van der Waals surface area (Å²) >= 11 is 0. The van der Waals surface area contributed by atoms with E-state index in [1.807, 2.05) is 115 Å². The number of allylic oxidation sites excluding steroid dienone is 4. The molecule has 0 radical (unpaired) electrons. The molecule has 58 heavy (non-hydrogen) atoms. The van der Waals surface area contributed by atoms with E-state index in [2.05, 4.69) is 0 Å². The SMILES string of the molecule is COc1ccc(OC)c(C=Cc2ccc(N3C(=O)[C@H]4[C@H](CC=C5[C@H]4C[C@H]4C(=O)C(c6ccccc6)=CC(=O)[C@@]4(c4ccccc4)[C@H]5c4cccc(O)c4)C3=O)cc2)c1. The van der Waals surface area contributed by atoms with E-state index in [0.717, 1.165) is 16.7 Å². The molecule has 2 fully saturated rings. The molecule has 288 valence electrons. The van der Waals surface area contributed by atoms with Crippen molar-refractivity contribution in [3.8, 4) is 17.2 Å². The van der Waals surface area contributed by atoms with Gasteiger partial charge in [-0.25, -0.2) is 0 Å². The van der Waals surface area contributed by atoms with Crippen molar-refractivity contribution in [1.29, 1.82) is 0 Å². The first-order chi connectivity index (χ1) is 28.2. The van der Waals surface area contributed by atoms with Gasteiger partial charge in [0.2, 0.25) is 11.8 Å². The number of benzene rings is 5. The van der Waals surface area contributed by atoms with Crippen molar-refractivity contribution in [2.24, 2.45) is 23.7 Å². The van der Waals surface area contributed by atoms with Gasteiger partial charge >= 0.3 is 0 Å². The molecule has 1 heterocycles. The summed E-state index contributed by atoms with van der Waals surface area (Å²) in [7, 11) is 3.22. The molecule has 9 rings (SSSR count). The number of anilines is 1. The van der Waals surface area contributed by atoms with Gasteiger partial charge in [-0.15, -0.1) is 0 Å². The third-order valence-corrected chi connectivity index (χ3v) is 12.6. The minimum absolute atomic E-state index is 0.0305. The highest BCUT2D eigenvalue weighted by Gasteiger charge is 2.66. The van der Waals surface area contributed by atoms with Gasteiger partial charge in [-0.1, -0.05) is 109 Å². The van der Waals surface area contributed by atoms with E-state index in [1.54, 1.807) is 44.6 Å². The number of imide groups is 1. The van der Waals surface area contributed by atoms with Crippen LogP contribution in [0.5, 0.6) is 17.2 Å². The summed E-state index contributed by atoms with van der Waals surface area (Å²) < 4.78 is 10.9. The molecular formula is C50H41NO7. The first-order valence-corrected chi connectivity index (χ1v) is 19.5. The van der Waals surface area contributed by atoms with Gasteiger partial charge in [0.05, 0.1) is 37.2 Å². The zero-order valence-corrected chi connectivity index (χ0v) is 32.1. The Bertz CT molecular complexity index is 2560. The number of fused-ring (bicyclic) bond motifs is 4. The summed E-state index contributed by atoms with van der Waals surface area (Å²) in [5.41, 5.74) is 4.01. The minimum atomic E-state index is -1.36. The number of rotatable bonds is 8. The van der Waals surface area contributed by atoms with Gasteiger partial charge in [0.1, 0.15) is 17.2 Å². The molecular weight excluding hydrogens is 727 g/mol. The lowest BCUT2D eigenvalue weighted by Crippen LogP contribution is -2.58. The number of methoxy groups -OCH3 is 2. The summed E-state index contributed by atoms with van der Waals surface area (Å²) in [6, 6.07) is 38.3. The molecule has 1 saturated heterocycles. The fourth-order valence-electron chi connectivity index (χ4n) is 10.1. The average molecular weight is 768 g/mol. The lowest BCUT2D eigenvalue weighted by Gasteiger charge is -2.55. The number of carbonyl (C=O) groups is 4. The first-order valence-electron chi connectivity index (χ1n) is 19.5. The average Bonchev–Trinajstić information content (AvgIpc) is 3.52. The molecule has 1 saturated carbocycles. The van der Waals surface area contributed by atoms with Crippen LogP contribution in [0.4, 0.5) is 5.69 Å². The van der Waals surface area contributed by atoms with Crippen molar-refractivity contribution >= 4 is 46.8 Å². The standard InChI is InChI=1S/C50H41NO7/c1-57-37-22-25-43(58-2)32(27-37)19-16-30-17-20-35(21-18-30)51-48(55)39-24-23-38-41(45(39)49(51)56)28-42-47(54)40(31-10-5-3-6-11-31)29-44(53)50(42,34-13-7-4-8-14-34)46(38)33-12-9-15-36(52)26-33/h3-23,25-27,29,39,41-42,45-46,52H,24,28H2,1-2H3/t39-,41+,42-,45-,46-,50-/m0/s1. The number of amides is 2. The predicted molar refractivity (Wildman–Crippen MR) is 222 cm³/mol. The van der Waals surface area contributed by atoms with E-state index < -0.39 is 35.0 Å². The summed E-state index contributed by atoms with van der Waals surface area (Å²) in [5, 5.41) is 10.8. The van der Waals surface area contributed by atoms with Gasteiger partial charge in [0, 0.05) is 23.0 Å². The molecule has 0 spiro atoms. The lowest BCUT2D eigenvalue weighted by atomic mass is 9.44. The summed E-state index contributed by atoms with van der Waals surface area (Å²) in [5.74, 6) is -2.98. The smallest absolute Gasteiger partial charge is 0.238 e. The Morgan fingerprint density at radius 3 is 2.19 bits per heavy atom. The molecule has 5 aromatic carbocycles. The monoisotopic (exact) mass is 767 g/mol. The summed E-state index contributed by atoms with van der Waals surface area (Å²) in [6.45, 7) is 0. The maximum Gasteiger partial charge on any atom is 0.238 e. The molecule has 6 atom stereocenters. The topological polar surface area (TPSA) is 110 Å². The number of hydrogen-bond acceptors (Lipinski definition) is 7. The van der Waals surface area contributed by atoms with Crippen molar-refractivity contribution in [1.82, 2.24) is 0 Å². The second-order valence-electron chi connectivity index (χ2n) is 15.4. The highest BCUT2D eigenvalue weighted by atomic mass is 16.5. The molecule has 8 nitrogen and oxygen atoms in total.